The van der Waals surface area contributed by atoms with Crippen molar-refractivity contribution in [2.75, 3.05) is 11.9 Å². The number of carbonyl (C=O) groups excluding carboxylic acids is 1. The molecule has 5 heteroatoms. The Kier molecular flexibility index (Phi) is 4.88. The van der Waals surface area contributed by atoms with Crippen LogP contribution in [0.25, 0.3) is 0 Å². The van der Waals surface area contributed by atoms with Crippen molar-refractivity contribution in [3.8, 4) is 11.8 Å². The van der Waals surface area contributed by atoms with E-state index in [1.54, 1.807) is 23.6 Å². The second kappa shape index (κ2) is 6.85. The van der Waals surface area contributed by atoms with Gasteiger partial charge in [-0.25, -0.2) is 4.39 Å². The third-order valence-electron chi connectivity index (χ3n) is 2.43. The fourth-order valence-electron chi connectivity index (χ4n) is 1.51. The summed E-state index contributed by atoms with van der Waals surface area (Å²) >= 11 is 1.29. The van der Waals surface area contributed by atoms with Crippen LogP contribution in [0, 0.1) is 17.7 Å². The summed E-state index contributed by atoms with van der Waals surface area (Å²) in [4.78, 5) is 12.3. The topological polar surface area (TPSA) is 49.3 Å². The Balaban J connectivity index is 2.11. The summed E-state index contributed by atoms with van der Waals surface area (Å²) in [5, 5.41) is 12.9. The van der Waals surface area contributed by atoms with Crippen molar-refractivity contribution in [2.24, 2.45) is 0 Å². The molecule has 2 rings (SSSR count). The zero-order valence-electron chi connectivity index (χ0n) is 10.5. The number of benzene rings is 1. The standard InChI is InChI=1S/C15H12FNO2S/c16-12-10-11(4-1-2-8-18)6-7-13(12)17-15(19)14-5-3-9-20-14/h3,5-7,9-10,18H,2,8H2,(H,17,19). The van der Waals surface area contributed by atoms with E-state index in [4.69, 9.17) is 5.11 Å². The lowest BCUT2D eigenvalue weighted by Gasteiger charge is -2.05. The van der Waals surface area contributed by atoms with E-state index in [2.05, 4.69) is 17.2 Å². The number of rotatable bonds is 3. The molecule has 2 N–H and O–H groups in total. The molecule has 102 valence electrons. The van der Waals surface area contributed by atoms with Crippen LogP contribution in [0.5, 0.6) is 0 Å². The first kappa shape index (κ1) is 14.3. The zero-order valence-corrected chi connectivity index (χ0v) is 11.3. The average Bonchev–Trinajstić information content (AvgIpc) is 2.96. The number of carbonyl (C=O) groups is 1. The molecule has 20 heavy (non-hydrogen) atoms. The van der Waals surface area contributed by atoms with E-state index in [1.807, 2.05) is 0 Å². The summed E-state index contributed by atoms with van der Waals surface area (Å²) < 4.78 is 13.8. The van der Waals surface area contributed by atoms with Gasteiger partial charge in [0, 0.05) is 12.0 Å². The van der Waals surface area contributed by atoms with Crippen molar-refractivity contribution in [1.29, 1.82) is 0 Å². The SMILES string of the molecule is O=C(Nc1ccc(C#CCCO)cc1F)c1cccs1. The third-order valence-corrected chi connectivity index (χ3v) is 3.30. The van der Waals surface area contributed by atoms with Gasteiger partial charge < -0.3 is 10.4 Å². The summed E-state index contributed by atoms with van der Waals surface area (Å²) in [6.45, 7) is -0.0234. The molecule has 0 bridgehead atoms. The highest BCUT2D eigenvalue weighted by Crippen LogP contribution is 2.18. The van der Waals surface area contributed by atoms with Crippen molar-refractivity contribution in [2.45, 2.75) is 6.42 Å². The third kappa shape index (κ3) is 3.67. The van der Waals surface area contributed by atoms with Gasteiger partial charge in [-0.05, 0) is 29.6 Å². The molecule has 2 aromatic rings. The van der Waals surface area contributed by atoms with Gasteiger partial charge in [-0.1, -0.05) is 17.9 Å². The Hall–Kier alpha value is -2.16. The van der Waals surface area contributed by atoms with Crippen molar-refractivity contribution in [1.82, 2.24) is 0 Å². The van der Waals surface area contributed by atoms with Crippen LogP contribution in [-0.2, 0) is 0 Å². The van der Waals surface area contributed by atoms with Gasteiger partial charge >= 0.3 is 0 Å². The zero-order chi connectivity index (χ0) is 14.4. The molecule has 0 spiro atoms. The second-order valence-electron chi connectivity index (χ2n) is 3.90. The monoisotopic (exact) mass is 289 g/mol. The summed E-state index contributed by atoms with van der Waals surface area (Å²) in [6, 6.07) is 7.79. The predicted molar refractivity (Wildman–Crippen MR) is 77.3 cm³/mol. The molecular weight excluding hydrogens is 277 g/mol. The van der Waals surface area contributed by atoms with Gasteiger partial charge in [0.05, 0.1) is 17.2 Å². The maximum atomic E-state index is 13.8. The molecular formula is C15H12FNO2S. The first-order valence-corrected chi connectivity index (χ1v) is 6.83. The molecule has 0 aliphatic carbocycles. The average molecular weight is 289 g/mol. The van der Waals surface area contributed by atoms with Crippen molar-refractivity contribution >= 4 is 22.9 Å². The molecule has 0 fully saturated rings. The van der Waals surface area contributed by atoms with Crippen LogP contribution in [-0.4, -0.2) is 17.6 Å². The quantitative estimate of drug-likeness (QED) is 0.854. The molecule has 0 aliphatic heterocycles. The summed E-state index contributed by atoms with van der Waals surface area (Å²) in [7, 11) is 0. The van der Waals surface area contributed by atoms with E-state index in [1.165, 1.54) is 23.5 Å². The van der Waals surface area contributed by atoms with E-state index >= 15 is 0 Å². The summed E-state index contributed by atoms with van der Waals surface area (Å²) in [5.74, 6) is 4.57. The molecule has 0 atom stereocenters. The van der Waals surface area contributed by atoms with Crippen molar-refractivity contribution in [3.63, 3.8) is 0 Å². The van der Waals surface area contributed by atoms with Crippen LogP contribution in [0.3, 0.4) is 0 Å². The molecule has 0 unspecified atom stereocenters. The molecule has 1 aromatic heterocycles. The lowest BCUT2D eigenvalue weighted by Crippen LogP contribution is -2.11. The number of halogens is 1. The van der Waals surface area contributed by atoms with E-state index in [-0.39, 0.29) is 18.2 Å². The van der Waals surface area contributed by atoms with Crippen LogP contribution in [0.1, 0.15) is 21.7 Å². The van der Waals surface area contributed by atoms with Crippen LogP contribution in [0.4, 0.5) is 10.1 Å². The minimum Gasteiger partial charge on any atom is -0.395 e. The van der Waals surface area contributed by atoms with Gasteiger partial charge in [0.2, 0.25) is 0 Å². The van der Waals surface area contributed by atoms with Crippen molar-refractivity contribution < 1.29 is 14.3 Å². The number of thiophene rings is 1. The van der Waals surface area contributed by atoms with Gasteiger partial charge in [0.15, 0.2) is 0 Å². The highest BCUT2D eigenvalue weighted by atomic mass is 32.1. The number of aliphatic hydroxyl groups is 1. The summed E-state index contributed by atoms with van der Waals surface area (Å²) in [6.07, 6.45) is 0.346. The van der Waals surface area contributed by atoms with E-state index in [9.17, 15) is 9.18 Å². The molecule has 1 heterocycles. The predicted octanol–water partition coefficient (Wildman–Crippen LogP) is 2.87. The number of amides is 1. The largest absolute Gasteiger partial charge is 0.395 e. The highest BCUT2D eigenvalue weighted by Gasteiger charge is 2.10. The second-order valence-corrected chi connectivity index (χ2v) is 4.85. The van der Waals surface area contributed by atoms with Crippen LogP contribution < -0.4 is 5.32 Å². The van der Waals surface area contributed by atoms with Crippen LogP contribution in [0.2, 0.25) is 0 Å². The number of hydrogen-bond acceptors (Lipinski definition) is 3. The number of nitrogens with one attached hydrogen (secondary N) is 1. The number of anilines is 1. The Morgan fingerprint density at radius 1 is 1.40 bits per heavy atom. The van der Waals surface area contributed by atoms with Gasteiger partial charge in [0.25, 0.3) is 5.91 Å². The van der Waals surface area contributed by atoms with E-state index in [0.717, 1.165) is 0 Å². The molecule has 0 saturated carbocycles. The normalized spacial score (nSPS) is 9.70. The Bertz CT molecular complexity index is 656. The Labute approximate surface area is 120 Å². The molecule has 3 nitrogen and oxygen atoms in total. The minimum atomic E-state index is -0.536. The fourth-order valence-corrected chi connectivity index (χ4v) is 2.13. The van der Waals surface area contributed by atoms with Gasteiger partial charge in [-0.15, -0.1) is 11.3 Å². The number of hydrogen-bond donors (Lipinski definition) is 2. The van der Waals surface area contributed by atoms with Crippen LogP contribution >= 0.6 is 11.3 Å². The minimum absolute atomic E-state index is 0.0234. The first-order chi connectivity index (χ1) is 9.70. The maximum Gasteiger partial charge on any atom is 0.265 e. The number of aliphatic hydroxyl groups excluding tert-OH is 1. The van der Waals surface area contributed by atoms with Crippen molar-refractivity contribution in [3.05, 3.63) is 52.0 Å². The van der Waals surface area contributed by atoms with Crippen LogP contribution in [0.15, 0.2) is 35.7 Å². The van der Waals surface area contributed by atoms with E-state index in [0.29, 0.717) is 16.9 Å². The molecule has 1 aromatic carbocycles. The Morgan fingerprint density at radius 2 is 2.25 bits per heavy atom. The lowest BCUT2D eigenvalue weighted by molar-refractivity contribution is 0.103. The highest BCUT2D eigenvalue weighted by molar-refractivity contribution is 7.12. The maximum absolute atomic E-state index is 13.8. The lowest BCUT2D eigenvalue weighted by atomic mass is 10.2. The van der Waals surface area contributed by atoms with Gasteiger partial charge in [-0.2, -0.15) is 0 Å². The van der Waals surface area contributed by atoms with Gasteiger partial charge in [0.1, 0.15) is 5.82 Å². The van der Waals surface area contributed by atoms with E-state index < -0.39 is 5.82 Å². The Morgan fingerprint density at radius 3 is 2.90 bits per heavy atom. The molecule has 0 aliphatic rings. The summed E-state index contributed by atoms with van der Waals surface area (Å²) in [5.41, 5.74) is 0.626. The molecule has 0 saturated heterocycles. The smallest absolute Gasteiger partial charge is 0.265 e. The molecule has 0 radical (unpaired) electrons. The van der Waals surface area contributed by atoms with Gasteiger partial charge in [-0.3, -0.25) is 4.79 Å². The fraction of sp³-hybridized carbons (Fsp3) is 0.133. The first-order valence-electron chi connectivity index (χ1n) is 5.95. The molecule has 1 amide bonds.